The molecule has 2 aromatic carbocycles. The molecule has 0 aromatic heterocycles. The standard InChI is InChI=1S/C27H34N2O5/c1-18-16-29(17-19(2)33-18)27(31)21-10-8-20(9-11-21)15-28-26(30)22-12-13-24(25(14-22)32-3)34-23-6-4-5-7-23/h8-14,18-19,23H,4-7,15-17H2,1-3H3,(H,28,30). The van der Waals surface area contributed by atoms with Crippen molar-refractivity contribution in [2.75, 3.05) is 20.2 Å². The van der Waals surface area contributed by atoms with Crippen LogP contribution in [-0.2, 0) is 11.3 Å². The van der Waals surface area contributed by atoms with Crippen molar-refractivity contribution in [1.82, 2.24) is 10.2 Å². The summed E-state index contributed by atoms with van der Waals surface area (Å²) in [7, 11) is 1.58. The summed E-state index contributed by atoms with van der Waals surface area (Å²) in [5, 5.41) is 2.94. The van der Waals surface area contributed by atoms with Crippen LogP contribution in [-0.4, -0.2) is 55.2 Å². The number of hydrogen-bond donors (Lipinski definition) is 1. The summed E-state index contributed by atoms with van der Waals surface area (Å²) in [5.74, 6) is 1.05. The molecule has 7 nitrogen and oxygen atoms in total. The number of nitrogens with one attached hydrogen (secondary N) is 1. The summed E-state index contributed by atoms with van der Waals surface area (Å²) < 4.78 is 17.2. The molecule has 2 aromatic rings. The third kappa shape index (κ3) is 5.89. The van der Waals surface area contributed by atoms with Gasteiger partial charge in [0.2, 0.25) is 0 Å². The zero-order chi connectivity index (χ0) is 24.1. The number of hydrogen-bond acceptors (Lipinski definition) is 5. The second kappa shape index (κ2) is 10.9. The van der Waals surface area contributed by atoms with Crippen LogP contribution in [0.1, 0.15) is 65.8 Å². The lowest BCUT2D eigenvalue weighted by molar-refractivity contribution is -0.0586. The van der Waals surface area contributed by atoms with Crippen LogP contribution in [0.3, 0.4) is 0 Å². The van der Waals surface area contributed by atoms with Crippen LogP contribution < -0.4 is 14.8 Å². The molecule has 7 heteroatoms. The highest BCUT2D eigenvalue weighted by molar-refractivity contribution is 5.95. The highest BCUT2D eigenvalue weighted by atomic mass is 16.5. The van der Waals surface area contributed by atoms with Crippen molar-refractivity contribution >= 4 is 11.8 Å². The van der Waals surface area contributed by atoms with Gasteiger partial charge in [-0.1, -0.05) is 12.1 Å². The van der Waals surface area contributed by atoms with Crippen molar-refractivity contribution in [3.63, 3.8) is 0 Å². The maximum absolute atomic E-state index is 12.8. The molecule has 182 valence electrons. The van der Waals surface area contributed by atoms with Gasteiger partial charge in [0.25, 0.3) is 11.8 Å². The number of nitrogens with zero attached hydrogens (tertiary/aromatic N) is 1. The lowest BCUT2D eigenvalue weighted by atomic mass is 10.1. The fourth-order valence-electron chi connectivity index (χ4n) is 4.67. The van der Waals surface area contributed by atoms with E-state index in [0.717, 1.165) is 18.4 Å². The van der Waals surface area contributed by atoms with Crippen LogP contribution in [0.5, 0.6) is 11.5 Å². The van der Waals surface area contributed by atoms with Gasteiger partial charge in [0.1, 0.15) is 0 Å². The van der Waals surface area contributed by atoms with Gasteiger partial charge < -0.3 is 24.4 Å². The van der Waals surface area contributed by atoms with Crippen molar-refractivity contribution in [3.05, 3.63) is 59.2 Å². The number of carbonyl (C=O) groups excluding carboxylic acids is 2. The monoisotopic (exact) mass is 466 g/mol. The molecular weight excluding hydrogens is 432 g/mol. The van der Waals surface area contributed by atoms with Crippen LogP contribution in [0.4, 0.5) is 0 Å². The number of ether oxygens (including phenoxy) is 3. The summed E-state index contributed by atoms with van der Waals surface area (Å²) >= 11 is 0. The van der Waals surface area contributed by atoms with E-state index >= 15 is 0 Å². The normalized spacial score (nSPS) is 20.7. The highest BCUT2D eigenvalue weighted by Crippen LogP contribution is 2.32. The predicted molar refractivity (Wildman–Crippen MR) is 129 cm³/mol. The number of benzene rings is 2. The topological polar surface area (TPSA) is 77.1 Å². The Hall–Kier alpha value is -3.06. The van der Waals surface area contributed by atoms with E-state index in [1.54, 1.807) is 25.3 Å². The molecule has 2 unspecified atom stereocenters. The Morgan fingerprint density at radius 1 is 0.971 bits per heavy atom. The summed E-state index contributed by atoms with van der Waals surface area (Å²) in [6.45, 7) is 5.51. The fraction of sp³-hybridized carbons (Fsp3) is 0.481. The van der Waals surface area contributed by atoms with Crippen molar-refractivity contribution in [3.8, 4) is 11.5 Å². The quantitative estimate of drug-likeness (QED) is 0.662. The van der Waals surface area contributed by atoms with Crippen LogP contribution in [0.2, 0.25) is 0 Å². The Kier molecular flexibility index (Phi) is 7.73. The molecule has 0 bridgehead atoms. The van der Waals surface area contributed by atoms with Crippen LogP contribution >= 0.6 is 0 Å². The molecular formula is C27H34N2O5. The summed E-state index contributed by atoms with van der Waals surface area (Å²) in [6, 6.07) is 12.7. The average molecular weight is 467 g/mol. The molecule has 1 heterocycles. The molecule has 4 rings (SSSR count). The first-order valence-electron chi connectivity index (χ1n) is 12.1. The molecule has 1 aliphatic carbocycles. The minimum Gasteiger partial charge on any atom is -0.493 e. The van der Waals surface area contributed by atoms with Crippen molar-refractivity contribution in [1.29, 1.82) is 0 Å². The number of morpholine rings is 1. The van der Waals surface area contributed by atoms with Gasteiger partial charge in [-0.25, -0.2) is 0 Å². The van der Waals surface area contributed by atoms with Gasteiger partial charge in [0.05, 0.1) is 25.4 Å². The predicted octanol–water partition coefficient (Wildman–Crippen LogP) is 4.20. The summed E-state index contributed by atoms with van der Waals surface area (Å²) in [6.07, 6.45) is 4.77. The van der Waals surface area contributed by atoms with Gasteiger partial charge in [0.15, 0.2) is 11.5 Å². The van der Waals surface area contributed by atoms with E-state index in [0.29, 0.717) is 42.3 Å². The first kappa shape index (κ1) is 24.1. The molecule has 1 saturated carbocycles. The van der Waals surface area contributed by atoms with Crippen molar-refractivity contribution in [2.45, 2.75) is 64.4 Å². The van der Waals surface area contributed by atoms with Crippen LogP contribution in [0.25, 0.3) is 0 Å². The largest absolute Gasteiger partial charge is 0.493 e. The van der Waals surface area contributed by atoms with Gasteiger partial charge in [-0.15, -0.1) is 0 Å². The molecule has 2 atom stereocenters. The third-order valence-electron chi connectivity index (χ3n) is 6.38. The van der Waals surface area contributed by atoms with Gasteiger partial charge in [0, 0.05) is 30.8 Å². The molecule has 2 aliphatic rings. The minimum absolute atomic E-state index is 0.00425. The van der Waals surface area contributed by atoms with E-state index in [9.17, 15) is 9.59 Å². The van der Waals surface area contributed by atoms with Gasteiger partial charge in [-0.3, -0.25) is 9.59 Å². The van der Waals surface area contributed by atoms with Crippen LogP contribution in [0, 0.1) is 0 Å². The number of amides is 2. The summed E-state index contributed by atoms with van der Waals surface area (Å²) in [4.78, 5) is 27.4. The van der Waals surface area contributed by atoms with Gasteiger partial charge >= 0.3 is 0 Å². The second-order valence-corrected chi connectivity index (χ2v) is 9.24. The van der Waals surface area contributed by atoms with Gasteiger partial charge in [-0.2, -0.15) is 0 Å². The molecule has 1 N–H and O–H groups in total. The van der Waals surface area contributed by atoms with E-state index in [-0.39, 0.29) is 30.1 Å². The second-order valence-electron chi connectivity index (χ2n) is 9.24. The first-order chi connectivity index (χ1) is 16.4. The molecule has 0 radical (unpaired) electrons. The molecule has 1 saturated heterocycles. The van der Waals surface area contributed by atoms with E-state index in [1.165, 1.54) is 12.8 Å². The van der Waals surface area contributed by atoms with Crippen LogP contribution in [0.15, 0.2) is 42.5 Å². The maximum Gasteiger partial charge on any atom is 0.254 e. The maximum atomic E-state index is 12.8. The number of methoxy groups -OCH3 is 1. The minimum atomic E-state index is -0.192. The molecule has 34 heavy (non-hydrogen) atoms. The average Bonchev–Trinajstić information content (AvgIpc) is 3.35. The highest BCUT2D eigenvalue weighted by Gasteiger charge is 2.26. The first-order valence-corrected chi connectivity index (χ1v) is 12.1. The Morgan fingerprint density at radius 2 is 1.62 bits per heavy atom. The molecule has 2 amide bonds. The Bertz CT molecular complexity index is 991. The Balaban J connectivity index is 1.33. The lowest BCUT2D eigenvalue weighted by Crippen LogP contribution is -2.48. The lowest BCUT2D eigenvalue weighted by Gasteiger charge is -2.35. The molecule has 1 aliphatic heterocycles. The molecule has 2 fully saturated rings. The SMILES string of the molecule is COc1cc(C(=O)NCc2ccc(C(=O)N3CC(C)OC(C)C3)cc2)ccc1OC1CCCC1. The van der Waals surface area contributed by atoms with Crippen molar-refractivity contribution < 1.29 is 23.8 Å². The zero-order valence-corrected chi connectivity index (χ0v) is 20.2. The fourth-order valence-corrected chi connectivity index (χ4v) is 4.67. The van der Waals surface area contributed by atoms with E-state index in [4.69, 9.17) is 14.2 Å². The van der Waals surface area contributed by atoms with E-state index in [1.807, 2.05) is 43.0 Å². The van der Waals surface area contributed by atoms with Crippen molar-refractivity contribution in [2.24, 2.45) is 0 Å². The summed E-state index contributed by atoms with van der Waals surface area (Å²) in [5.41, 5.74) is 2.07. The third-order valence-corrected chi connectivity index (χ3v) is 6.38. The van der Waals surface area contributed by atoms with E-state index in [2.05, 4.69) is 5.32 Å². The van der Waals surface area contributed by atoms with Gasteiger partial charge in [-0.05, 0) is 75.4 Å². The smallest absolute Gasteiger partial charge is 0.254 e. The Labute approximate surface area is 201 Å². The molecule has 0 spiro atoms. The Morgan fingerprint density at radius 3 is 2.26 bits per heavy atom. The zero-order valence-electron chi connectivity index (χ0n) is 20.2. The number of carbonyl (C=O) groups is 2. The van der Waals surface area contributed by atoms with E-state index < -0.39 is 0 Å². The number of rotatable bonds is 7.